The predicted octanol–water partition coefficient (Wildman–Crippen LogP) is 2.31. The van der Waals surface area contributed by atoms with Crippen molar-refractivity contribution in [3.8, 4) is 5.75 Å². The number of hydrogen-bond acceptors (Lipinski definition) is 4. The van der Waals surface area contributed by atoms with Gasteiger partial charge in [0.15, 0.2) is 6.61 Å². The smallest absolute Gasteiger partial charge is 0.265 e. The fourth-order valence-corrected chi connectivity index (χ4v) is 2.93. The van der Waals surface area contributed by atoms with Gasteiger partial charge in [-0.15, -0.1) is 0 Å². The van der Waals surface area contributed by atoms with E-state index < -0.39 is 0 Å². The van der Waals surface area contributed by atoms with E-state index in [1.807, 2.05) is 56.3 Å². The summed E-state index contributed by atoms with van der Waals surface area (Å²) in [6.45, 7) is 3.64. The Kier molecular flexibility index (Phi) is 5.23. The Labute approximate surface area is 152 Å². The number of nitrogens with two attached hydrogens (primary N) is 1. The highest BCUT2D eigenvalue weighted by Crippen LogP contribution is 2.34. The molecule has 136 valence electrons. The highest BCUT2D eigenvalue weighted by molar-refractivity contribution is 6.02. The Morgan fingerprint density at radius 3 is 2.62 bits per heavy atom. The third-order valence-electron chi connectivity index (χ3n) is 4.43. The first kappa shape index (κ1) is 17.9. The number of nitrogens with one attached hydrogen (secondary N) is 1. The monoisotopic (exact) mass is 353 g/mol. The van der Waals surface area contributed by atoms with Crippen molar-refractivity contribution < 1.29 is 14.3 Å². The maximum Gasteiger partial charge on any atom is 0.265 e. The number of hydrogen-bond donors (Lipinski definition) is 2. The van der Waals surface area contributed by atoms with Crippen LogP contribution in [0.25, 0.3) is 0 Å². The first-order valence-electron chi connectivity index (χ1n) is 8.62. The van der Waals surface area contributed by atoms with Gasteiger partial charge >= 0.3 is 0 Å². The quantitative estimate of drug-likeness (QED) is 0.864. The molecule has 0 bridgehead atoms. The number of fused-ring (bicyclic) bond motifs is 1. The lowest BCUT2D eigenvalue weighted by Crippen LogP contribution is -2.45. The number of carbonyl (C=O) groups excluding carboxylic acids is 2. The lowest BCUT2D eigenvalue weighted by atomic mass is 10.1. The topological polar surface area (TPSA) is 84.7 Å². The number of amides is 2. The second-order valence-corrected chi connectivity index (χ2v) is 6.48. The molecule has 6 heteroatoms. The summed E-state index contributed by atoms with van der Waals surface area (Å²) in [7, 11) is 0. The molecule has 2 aromatic carbocycles. The van der Waals surface area contributed by atoms with Crippen LogP contribution in [0.1, 0.15) is 37.1 Å². The van der Waals surface area contributed by atoms with E-state index >= 15 is 0 Å². The average Bonchev–Trinajstić information content (AvgIpc) is 2.64. The fourth-order valence-electron chi connectivity index (χ4n) is 2.93. The molecular formula is C20H23N3O3. The van der Waals surface area contributed by atoms with Crippen LogP contribution in [0.2, 0.25) is 0 Å². The summed E-state index contributed by atoms with van der Waals surface area (Å²) in [6.07, 6.45) is 0. The van der Waals surface area contributed by atoms with Crippen molar-refractivity contribution in [3.63, 3.8) is 0 Å². The minimum atomic E-state index is -0.248. The molecule has 0 fully saturated rings. The maximum absolute atomic E-state index is 12.5. The minimum absolute atomic E-state index is 0.0607. The standard InChI is InChI=1S/C20H23N3O3/c1-13(21)16-8-9-18-17(10-16)23(20(25)12-26-18)11-19(24)22-14(2)15-6-4-3-5-7-15/h3-10,13-14H,11-12,21H2,1-2H3,(H,22,24). The van der Waals surface area contributed by atoms with E-state index in [0.29, 0.717) is 11.4 Å². The zero-order valence-corrected chi connectivity index (χ0v) is 14.9. The summed E-state index contributed by atoms with van der Waals surface area (Å²) in [5, 5.41) is 2.93. The molecule has 2 aromatic rings. The molecule has 2 atom stereocenters. The largest absolute Gasteiger partial charge is 0.482 e. The predicted molar refractivity (Wildman–Crippen MR) is 99.9 cm³/mol. The SMILES string of the molecule is CC(N)c1ccc2c(c1)N(CC(=O)NC(C)c1ccccc1)C(=O)CO2. The van der Waals surface area contributed by atoms with Gasteiger partial charge in [0.05, 0.1) is 11.7 Å². The van der Waals surface area contributed by atoms with E-state index in [4.69, 9.17) is 10.5 Å². The summed E-state index contributed by atoms with van der Waals surface area (Å²) in [5.74, 6) is 0.105. The van der Waals surface area contributed by atoms with Crippen molar-refractivity contribution in [2.24, 2.45) is 5.73 Å². The first-order chi connectivity index (χ1) is 12.5. The van der Waals surface area contributed by atoms with E-state index in [1.165, 1.54) is 4.90 Å². The molecule has 0 aliphatic carbocycles. The van der Waals surface area contributed by atoms with Gasteiger partial charge in [-0.05, 0) is 37.1 Å². The summed E-state index contributed by atoms with van der Waals surface area (Å²) in [5.41, 5.74) is 8.40. The molecule has 0 aromatic heterocycles. The zero-order valence-electron chi connectivity index (χ0n) is 14.9. The molecule has 0 radical (unpaired) electrons. The molecule has 0 spiro atoms. The third kappa shape index (κ3) is 3.86. The van der Waals surface area contributed by atoms with Gasteiger partial charge in [0.1, 0.15) is 12.3 Å². The number of carbonyl (C=O) groups is 2. The highest BCUT2D eigenvalue weighted by Gasteiger charge is 2.28. The third-order valence-corrected chi connectivity index (χ3v) is 4.43. The van der Waals surface area contributed by atoms with E-state index in [9.17, 15) is 9.59 Å². The van der Waals surface area contributed by atoms with Crippen LogP contribution in [0.5, 0.6) is 5.75 Å². The van der Waals surface area contributed by atoms with Gasteiger partial charge in [0.2, 0.25) is 5.91 Å². The first-order valence-corrected chi connectivity index (χ1v) is 8.62. The van der Waals surface area contributed by atoms with Crippen molar-refractivity contribution >= 4 is 17.5 Å². The van der Waals surface area contributed by atoms with E-state index in [0.717, 1.165) is 11.1 Å². The number of anilines is 1. The van der Waals surface area contributed by atoms with Crippen LogP contribution in [0.3, 0.4) is 0 Å². The summed E-state index contributed by atoms with van der Waals surface area (Å²) < 4.78 is 5.47. The molecule has 26 heavy (non-hydrogen) atoms. The molecule has 1 heterocycles. The number of benzene rings is 2. The molecule has 2 unspecified atom stereocenters. The van der Waals surface area contributed by atoms with Crippen molar-refractivity contribution in [2.75, 3.05) is 18.1 Å². The van der Waals surface area contributed by atoms with Gasteiger partial charge < -0.3 is 15.8 Å². The number of ether oxygens (including phenoxy) is 1. The lowest BCUT2D eigenvalue weighted by molar-refractivity contribution is -0.125. The van der Waals surface area contributed by atoms with Crippen molar-refractivity contribution in [1.29, 1.82) is 0 Å². The highest BCUT2D eigenvalue weighted by atomic mass is 16.5. The van der Waals surface area contributed by atoms with E-state index in [-0.39, 0.29) is 37.0 Å². The molecule has 1 aliphatic rings. The van der Waals surface area contributed by atoms with E-state index in [1.54, 1.807) is 6.07 Å². The Morgan fingerprint density at radius 1 is 1.19 bits per heavy atom. The van der Waals surface area contributed by atoms with Crippen LogP contribution < -0.4 is 20.7 Å². The van der Waals surface area contributed by atoms with Gasteiger partial charge in [-0.25, -0.2) is 0 Å². The van der Waals surface area contributed by atoms with Gasteiger partial charge in [0.25, 0.3) is 5.91 Å². The molecule has 3 N–H and O–H groups in total. The van der Waals surface area contributed by atoms with Crippen molar-refractivity contribution in [3.05, 3.63) is 59.7 Å². The zero-order chi connectivity index (χ0) is 18.7. The maximum atomic E-state index is 12.5. The second kappa shape index (κ2) is 7.58. The van der Waals surface area contributed by atoms with Gasteiger partial charge in [-0.2, -0.15) is 0 Å². The average molecular weight is 353 g/mol. The van der Waals surface area contributed by atoms with Crippen molar-refractivity contribution in [1.82, 2.24) is 5.32 Å². The molecule has 0 saturated heterocycles. The van der Waals surface area contributed by atoms with Crippen LogP contribution in [-0.4, -0.2) is 25.0 Å². The Bertz CT molecular complexity index is 805. The van der Waals surface area contributed by atoms with Gasteiger partial charge in [0, 0.05) is 6.04 Å². The van der Waals surface area contributed by atoms with Crippen LogP contribution in [0.15, 0.2) is 48.5 Å². The Balaban J connectivity index is 1.76. The Hall–Kier alpha value is -2.86. The summed E-state index contributed by atoms with van der Waals surface area (Å²) >= 11 is 0. The molecule has 3 rings (SSSR count). The molecule has 2 amide bonds. The van der Waals surface area contributed by atoms with Crippen LogP contribution in [0.4, 0.5) is 5.69 Å². The fraction of sp³-hybridized carbons (Fsp3) is 0.300. The second-order valence-electron chi connectivity index (χ2n) is 6.48. The number of nitrogens with zero attached hydrogens (tertiary/aromatic N) is 1. The summed E-state index contributed by atoms with van der Waals surface area (Å²) in [6, 6.07) is 14.8. The normalized spacial score (nSPS) is 15.7. The number of rotatable bonds is 5. The molecule has 6 nitrogen and oxygen atoms in total. The lowest BCUT2D eigenvalue weighted by Gasteiger charge is -2.30. The molecule has 0 saturated carbocycles. The molecular weight excluding hydrogens is 330 g/mol. The van der Waals surface area contributed by atoms with Gasteiger partial charge in [-0.3, -0.25) is 14.5 Å². The van der Waals surface area contributed by atoms with E-state index in [2.05, 4.69) is 5.32 Å². The van der Waals surface area contributed by atoms with Crippen LogP contribution in [-0.2, 0) is 9.59 Å². The van der Waals surface area contributed by atoms with Gasteiger partial charge in [-0.1, -0.05) is 36.4 Å². The minimum Gasteiger partial charge on any atom is -0.482 e. The van der Waals surface area contributed by atoms with Crippen LogP contribution >= 0.6 is 0 Å². The van der Waals surface area contributed by atoms with Crippen molar-refractivity contribution in [2.45, 2.75) is 25.9 Å². The summed E-state index contributed by atoms with van der Waals surface area (Å²) in [4.78, 5) is 26.3. The Morgan fingerprint density at radius 2 is 1.92 bits per heavy atom. The molecule has 1 aliphatic heterocycles. The van der Waals surface area contributed by atoms with Crippen LogP contribution in [0, 0.1) is 0 Å².